The Morgan fingerprint density at radius 3 is 2.83 bits per heavy atom. The minimum Gasteiger partial charge on any atom is -0.495 e. The smallest absolute Gasteiger partial charge is 0.255 e. The standard InChI is InChI=1S/C23H19N3O4/c1-14-4-3-9-26-12-18(24-22(14)26)15-5-7-19(28-2)17(10-15)25-23(27)16-6-8-20-21(11-16)30-13-29-20/h3-12H,13H2,1-2H3,(H,25,27). The number of rotatable bonds is 4. The van der Waals surface area contributed by atoms with E-state index in [4.69, 9.17) is 19.2 Å². The zero-order chi connectivity index (χ0) is 20.7. The van der Waals surface area contributed by atoms with Gasteiger partial charge < -0.3 is 23.9 Å². The van der Waals surface area contributed by atoms with E-state index in [-0.39, 0.29) is 12.7 Å². The maximum absolute atomic E-state index is 12.8. The van der Waals surface area contributed by atoms with Gasteiger partial charge >= 0.3 is 0 Å². The van der Waals surface area contributed by atoms with Gasteiger partial charge in [-0.2, -0.15) is 0 Å². The number of anilines is 1. The quantitative estimate of drug-likeness (QED) is 0.552. The number of hydrogen-bond donors (Lipinski definition) is 1. The molecule has 1 aliphatic rings. The van der Waals surface area contributed by atoms with Crippen LogP contribution in [0.1, 0.15) is 15.9 Å². The number of amides is 1. The molecule has 1 N–H and O–H groups in total. The lowest BCUT2D eigenvalue weighted by molar-refractivity contribution is 0.102. The van der Waals surface area contributed by atoms with E-state index in [2.05, 4.69) is 5.32 Å². The van der Waals surface area contributed by atoms with Gasteiger partial charge in [0.05, 0.1) is 18.5 Å². The van der Waals surface area contributed by atoms with E-state index in [0.717, 1.165) is 22.5 Å². The van der Waals surface area contributed by atoms with E-state index in [1.165, 1.54) is 0 Å². The van der Waals surface area contributed by atoms with Gasteiger partial charge in [0.2, 0.25) is 6.79 Å². The molecule has 0 spiro atoms. The number of benzene rings is 2. The van der Waals surface area contributed by atoms with Crippen molar-refractivity contribution in [1.29, 1.82) is 0 Å². The van der Waals surface area contributed by atoms with Gasteiger partial charge in [0.1, 0.15) is 11.4 Å². The molecule has 1 amide bonds. The van der Waals surface area contributed by atoms with Crippen LogP contribution in [-0.2, 0) is 0 Å². The fourth-order valence-electron chi connectivity index (χ4n) is 3.49. The molecule has 3 heterocycles. The predicted octanol–water partition coefficient (Wildman–Crippen LogP) is 4.30. The molecule has 7 heteroatoms. The normalized spacial score (nSPS) is 12.2. The summed E-state index contributed by atoms with van der Waals surface area (Å²) >= 11 is 0. The largest absolute Gasteiger partial charge is 0.495 e. The van der Waals surface area contributed by atoms with Crippen molar-refractivity contribution in [2.45, 2.75) is 6.92 Å². The van der Waals surface area contributed by atoms with E-state index in [9.17, 15) is 4.79 Å². The third kappa shape index (κ3) is 3.10. The second kappa shape index (κ2) is 7.11. The highest BCUT2D eigenvalue weighted by Gasteiger charge is 2.18. The molecule has 0 aliphatic carbocycles. The van der Waals surface area contributed by atoms with Crippen LogP contribution in [0.15, 0.2) is 60.9 Å². The molecule has 0 unspecified atom stereocenters. The Morgan fingerprint density at radius 2 is 2.00 bits per heavy atom. The molecule has 5 rings (SSSR count). The molecule has 150 valence electrons. The molecule has 2 aromatic carbocycles. The third-order valence-corrected chi connectivity index (χ3v) is 5.06. The van der Waals surface area contributed by atoms with Crippen LogP contribution in [0.25, 0.3) is 16.9 Å². The van der Waals surface area contributed by atoms with Gasteiger partial charge in [-0.15, -0.1) is 0 Å². The highest BCUT2D eigenvalue weighted by molar-refractivity contribution is 6.05. The van der Waals surface area contributed by atoms with Crippen LogP contribution < -0.4 is 19.5 Å². The first-order valence-electron chi connectivity index (χ1n) is 9.46. The van der Waals surface area contributed by atoms with Gasteiger partial charge in [0.15, 0.2) is 11.5 Å². The molecule has 30 heavy (non-hydrogen) atoms. The second-order valence-corrected chi connectivity index (χ2v) is 6.99. The minimum atomic E-state index is -0.269. The summed E-state index contributed by atoms with van der Waals surface area (Å²) in [5, 5.41) is 2.93. The van der Waals surface area contributed by atoms with Crippen LogP contribution in [0.5, 0.6) is 17.2 Å². The Labute approximate surface area is 172 Å². The predicted molar refractivity (Wildman–Crippen MR) is 112 cm³/mol. The van der Waals surface area contributed by atoms with Gasteiger partial charge in [-0.25, -0.2) is 4.98 Å². The first kappa shape index (κ1) is 18.1. The van der Waals surface area contributed by atoms with Gasteiger partial charge in [-0.05, 0) is 55.0 Å². The first-order chi connectivity index (χ1) is 14.6. The Balaban J connectivity index is 1.48. The SMILES string of the molecule is COc1ccc(-c2cn3cccc(C)c3n2)cc1NC(=O)c1ccc2c(c1)OCO2. The molecular weight excluding hydrogens is 382 g/mol. The molecule has 0 saturated heterocycles. The molecule has 1 aliphatic heterocycles. The van der Waals surface area contributed by atoms with Crippen molar-refractivity contribution in [3.63, 3.8) is 0 Å². The zero-order valence-corrected chi connectivity index (χ0v) is 16.5. The molecule has 0 bridgehead atoms. The van der Waals surface area contributed by atoms with Crippen molar-refractivity contribution < 1.29 is 19.0 Å². The second-order valence-electron chi connectivity index (χ2n) is 6.99. The highest BCUT2D eigenvalue weighted by Crippen LogP contribution is 2.34. The Kier molecular flexibility index (Phi) is 4.28. The molecule has 0 radical (unpaired) electrons. The number of ether oxygens (including phenoxy) is 3. The molecule has 7 nitrogen and oxygen atoms in total. The number of imidazole rings is 1. The summed E-state index contributed by atoms with van der Waals surface area (Å²) in [5.41, 5.74) is 4.70. The lowest BCUT2D eigenvalue weighted by Crippen LogP contribution is -2.12. The number of aryl methyl sites for hydroxylation is 1. The van der Waals surface area contributed by atoms with Crippen molar-refractivity contribution >= 4 is 17.2 Å². The molecule has 4 aromatic rings. The maximum Gasteiger partial charge on any atom is 0.255 e. The average molecular weight is 401 g/mol. The van der Waals surface area contributed by atoms with E-state index in [0.29, 0.717) is 28.5 Å². The molecular formula is C23H19N3O4. The van der Waals surface area contributed by atoms with Crippen molar-refractivity contribution in [3.05, 3.63) is 72.1 Å². The van der Waals surface area contributed by atoms with Crippen LogP contribution in [0, 0.1) is 6.92 Å². The Bertz CT molecular complexity index is 1280. The van der Waals surface area contributed by atoms with Crippen molar-refractivity contribution in [3.8, 4) is 28.5 Å². The minimum absolute atomic E-state index is 0.161. The van der Waals surface area contributed by atoms with Gasteiger partial charge in [0.25, 0.3) is 5.91 Å². The Morgan fingerprint density at radius 1 is 1.13 bits per heavy atom. The summed E-state index contributed by atoms with van der Waals surface area (Å²) in [6.45, 7) is 2.19. The number of aromatic nitrogens is 2. The highest BCUT2D eigenvalue weighted by atomic mass is 16.7. The number of nitrogens with one attached hydrogen (secondary N) is 1. The van der Waals surface area contributed by atoms with Gasteiger partial charge in [-0.1, -0.05) is 6.07 Å². The lowest BCUT2D eigenvalue weighted by atomic mass is 10.1. The van der Waals surface area contributed by atoms with Crippen LogP contribution in [0.4, 0.5) is 5.69 Å². The fourth-order valence-corrected chi connectivity index (χ4v) is 3.49. The van der Waals surface area contributed by atoms with Gasteiger partial charge in [-0.3, -0.25) is 4.79 Å². The lowest BCUT2D eigenvalue weighted by Gasteiger charge is -2.12. The molecule has 0 saturated carbocycles. The number of hydrogen-bond acceptors (Lipinski definition) is 5. The number of carbonyl (C=O) groups excluding carboxylic acids is 1. The zero-order valence-electron chi connectivity index (χ0n) is 16.5. The van der Waals surface area contributed by atoms with Gasteiger partial charge in [0, 0.05) is 23.5 Å². The van der Waals surface area contributed by atoms with E-state index >= 15 is 0 Å². The Hall–Kier alpha value is -4.00. The molecule has 0 atom stereocenters. The van der Waals surface area contributed by atoms with Crippen LogP contribution in [0.3, 0.4) is 0 Å². The summed E-state index contributed by atoms with van der Waals surface area (Å²) in [6.07, 6.45) is 3.93. The van der Waals surface area contributed by atoms with E-state index in [1.54, 1.807) is 25.3 Å². The number of nitrogens with zero attached hydrogens (tertiary/aromatic N) is 2. The molecule has 2 aromatic heterocycles. The number of carbonyl (C=O) groups is 1. The van der Waals surface area contributed by atoms with Crippen molar-refractivity contribution in [1.82, 2.24) is 9.38 Å². The third-order valence-electron chi connectivity index (χ3n) is 5.06. The van der Waals surface area contributed by atoms with Crippen molar-refractivity contribution in [2.24, 2.45) is 0 Å². The average Bonchev–Trinajstić information content (AvgIpc) is 3.40. The summed E-state index contributed by atoms with van der Waals surface area (Å²) < 4.78 is 18.1. The number of pyridine rings is 1. The fraction of sp³-hybridized carbons (Fsp3) is 0.130. The van der Waals surface area contributed by atoms with Crippen LogP contribution in [-0.4, -0.2) is 29.2 Å². The summed E-state index contributed by atoms with van der Waals surface area (Å²) in [5.74, 6) is 1.49. The summed E-state index contributed by atoms with van der Waals surface area (Å²) in [4.78, 5) is 17.6. The van der Waals surface area contributed by atoms with E-state index < -0.39 is 0 Å². The monoisotopic (exact) mass is 401 g/mol. The number of fused-ring (bicyclic) bond motifs is 2. The molecule has 0 fully saturated rings. The summed E-state index contributed by atoms with van der Waals surface area (Å²) in [7, 11) is 1.57. The van der Waals surface area contributed by atoms with Crippen LogP contribution in [0.2, 0.25) is 0 Å². The summed E-state index contributed by atoms with van der Waals surface area (Å²) in [6, 6.07) is 14.7. The van der Waals surface area contributed by atoms with Crippen molar-refractivity contribution in [2.75, 3.05) is 19.2 Å². The maximum atomic E-state index is 12.8. The number of methoxy groups -OCH3 is 1. The van der Waals surface area contributed by atoms with Crippen LogP contribution >= 0.6 is 0 Å². The first-order valence-corrected chi connectivity index (χ1v) is 9.46. The topological polar surface area (TPSA) is 74.1 Å². The van der Waals surface area contributed by atoms with E-state index in [1.807, 2.05) is 54.0 Å².